The van der Waals surface area contributed by atoms with E-state index in [1.54, 1.807) is 18.5 Å². The van der Waals surface area contributed by atoms with Gasteiger partial charge in [0.05, 0.1) is 0 Å². The van der Waals surface area contributed by atoms with Crippen molar-refractivity contribution in [2.24, 2.45) is 7.05 Å². The van der Waals surface area contributed by atoms with Crippen molar-refractivity contribution in [3.8, 4) is 0 Å². The lowest BCUT2D eigenvalue weighted by Crippen LogP contribution is -2.26. The number of rotatable bonds is 4. The number of hydrogen-bond acceptors (Lipinski definition) is 4. The summed E-state index contributed by atoms with van der Waals surface area (Å²) in [5, 5.41) is 11.5. The Balaban J connectivity index is 1.65. The number of nitrogens with zero attached hydrogens (tertiary/aromatic N) is 3. The van der Waals surface area contributed by atoms with E-state index in [4.69, 9.17) is 5.73 Å². The van der Waals surface area contributed by atoms with Gasteiger partial charge in [0.25, 0.3) is 5.91 Å². The maximum Gasteiger partial charge on any atom is 0.267 e. The van der Waals surface area contributed by atoms with Gasteiger partial charge in [0.1, 0.15) is 17.8 Å². The number of aromatic nitrogens is 4. The van der Waals surface area contributed by atoms with Crippen molar-refractivity contribution < 1.29 is 4.79 Å². The van der Waals surface area contributed by atoms with Crippen LogP contribution in [0, 0.1) is 0 Å². The average Bonchev–Trinajstić information content (AvgIpc) is 3.05. The van der Waals surface area contributed by atoms with E-state index in [-0.39, 0.29) is 5.91 Å². The lowest BCUT2D eigenvalue weighted by atomic mass is 10.2. The first-order valence-corrected chi connectivity index (χ1v) is 6.63. The fraction of sp³-hybridized carbons (Fsp3) is 0.214. The van der Waals surface area contributed by atoms with Gasteiger partial charge in [-0.25, -0.2) is 0 Å². The van der Waals surface area contributed by atoms with Crippen LogP contribution in [0.1, 0.15) is 16.3 Å². The van der Waals surface area contributed by atoms with Gasteiger partial charge < -0.3 is 20.6 Å². The third-order valence-electron chi connectivity index (χ3n) is 3.33. The summed E-state index contributed by atoms with van der Waals surface area (Å²) in [6, 6.07) is 7.29. The number of H-pyrrole nitrogens is 1. The molecular formula is C14H16N6O. The summed E-state index contributed by atoms with van der Waals surface area (Å²) in [6.45, 7) is 0.503. The Morgan fingerprint density at radius 1 is 1.43 bits per heavy atom. The van der Waals surface area contributed by atoms with Gasteiger partial charge in [0.2, 0.25) is 0 Å². The van der Waals surface area contributed by atoms with Crippen LogP contribution in [0.15, 0.2) is 30.6 Å². The zero-order valence-corrected chi connectivity index (χ0v) is 11.6. The third kappa shape index (κ3) is 2.71. The van der Waals surface area contributed by atoms with Crippen LogP contribution >= 0.6 is 0 Å². The van der Waals surface area contributed by atoms with Crippen LogP contribution in [0.2, 0.25) is 0 Å². The molecule has 0 aliphatic carbocycles. The summed E-state index contributed by atoms with van der Waals surface area (Å²) in [5.41, 5.74) is 7.82. The molecule has 21 heavy (non-hydrogen) atoms. The molecule has 7 heteroatoms. The zero-order valence-electron chi connectivity index (χ0n) is 11.6. The van der Waals surface area contributed by atoms with Crippen LogP contribution in [-0.2, 0) is 13.5 Å². The number of hydrogen-bond donors (Lipinski definition) is 3. The molecule has 7 nitrogen and oxygen atoms in total. The first kappa shape index (κ1) is 13.2. The second-order valence-electron chi connectivity index (χ2n) is 4.89. The molecule has 2 aromatic heterocycles. The van der Waals surface area contributed by atoms with E-state index in [0.29, 0.717) is 24.3 Å². The highest BCUT2D eigenvalue weighted by atomic mass is 16.1. The summed E-state index contributed by atoms with van der Waals surface area (Å²) in [5.74, 6) is 0.687. The smallest absolute Gasteiger partial charge is 0.267 e. The predicted octanol–water partition coefficient (Wildman–Crippen LogP) is 0.851. The molecule has 0 aliphatic rings. The number of aromatic amines is 1. The number of anilines is 1. The molecule has 0 radical (unpaired) electrons. The summed E-state index contributed by atoms with van der Waals surface area (Å²) < 4.78 is 1.83. The van der Waals surface area contributed by atoms with E-state index in [1.807, 2.05) is 23.7 Å². The van der Waals surface area contributed by atoms with E-state index in [9.17, 15) is 4.79 Å². The fourth-order valence-corrected chi connectivity index (χ4v) is 2.19. The van der Waals surface area contributed by atoms with Crippen LogP contribution in [0.5, 0.6) is 0 Å². The van der Waals surface area contributed by atoms with Gasteiger partial charge in [0, 0.05) is 36.6 Å². The number of nitrogens with one attached hydrogen (secondary N) is 2. The molecule has 108 valence electrons. The number of nitrogen functional groups attached to an aromatic ring is 1. The van der Waals surface area contributed by atoms with Gasteiger partial charge in [-0.1, -0.05) is 0 Å². The van der Waals surface area contributed by atoms with Crippen LogP contribution in [-0.4, -0.2) is 32.2 Å². The molecule has 1 amide bonds. The van der Waals surface area contributed by atoms with E-state index >= 15 is 0 Å². The predicted molar refractivity (Wildman–Crippen MR) is 79.8 cm³/mol. The second-order valence-corrected chi connectivity index (χ2v) is 4.89. The van der Waals surface area contributed by atoms with Gasteiger partial charge in [-0.2, -0.15) is 0 Å². The number of aryl methyl sites for hydroxylation is 1. The second kappa shape index (κ2) is 5.28. The molecule has 1 aromatic carbocycles. The Kier molecular flexibility index (Phi) is 3.31. The third-order valence-corrected chi connectivity index (χ3v) is 3.33. The lowest BCUT2D eigenvalue weighted by Gasteiger charge is -2.03. The summed E-state index contributed by atoms with van der Waals surface area (Å²) >= 11 is 0. The minimum Gasteiger partial charge on any atom is -0.399 e. The van der Waals surface area contributed by atoms with Crippen molar-refractivity contribution in [2.45, 2.75) is 6.42 Å². The monoisotopic (exact) mass is 284 g/mol. The van der Waals surface area contributed by atoms with Crippen molar-refractivity contribution in [2.75, 3.05) is 12.3 Å². The highest BCUT2D eigenvalue weighted by molar-refractivity contribution is 5.98. The van der Waals surface area contributed by atoms with Gasteiger partial charge in [0.15, 0.2) is 0 Å². The molecule has 0 bridgehead atoms. The topological polar surface area (TPSA) is 102 Å². The van der Waals surface area contributed by atoms with Crippen LogP contribution in [0.3, 0.4) is 0 Å². The number of nitrogens with two attached hydrogens (primary N) is 1. The van der Waals surface area contributed by atoms with Crippen LogP contribution in [0.4, 0.5) is 5.69 Å². The number of amides is 1. The van der Waals surface area contributed by atoms with Crippen molar-refractivity contribution in [3.63, 3.8) is 0 Å². The quantitative estimate of drug-likeness (QED) is 0.618. The molecular weight excluding hydrogens is 268 g/mol. The van der Waals surface area contributed by atoms with Gasteiger partial charge in [-0.05, 0) is 24.3 Å². The Labute approximate surface area is 121 Å². The standard InChI is InChI=1S/C14H16N6O/c1-20-8-17-19-13(20)4-5-16-14(21)12-7-9-6-10(15)2-3-11(9)18-12/h2-3,6-8,18H,4-5,15H2,1H3,(H,16,21). The van der Waals surface area contributed by atoms with Gasteiger partial charge >= 0.3 is 0 Å². The van der Waals surface area contributed by atoms with Gasteiger partial charge in [-0.3, -0.25) is 4.79 Å². The highest BCUT2D eigenvalue weighted by Gasteiger charge is 2.09. The normalized spacial score (nSPS) is 10.9. The Bertz CT molecular complexity index is 788. The molecule has 0 saturated heterocycles. The highest BCUT2D eigenvalue weighted by Crippen LogP contribution is 2.18. The van der Waals surface area contributed by atoms with Crippen LogP contribution < -0.4 is 11.1 Å². The first-order valence-electron chi connectivity index (χ1n) is 6.63. The molecule has 0 spiro atoms. The number of fused-ring (bicyclic) bond motifs is 1. The molecule has 0 atom stereocenters. The fourth-order valence-electron chi connectivity index (χ4n) is 2.19. The molecule has 0 aliphatic heterocycles. The molecule has 0 unspecified atom stereocenters. The van der Waals surface area contributed by atoms with E-state index in [2.05, 4.69) is 20.5 Å². The van der Waals surface area contributed by atoms with Crippen LogP contribution in [0.25, 0.3) is 10.9 Å². The number of benzene rings is 1. The van der Waals surface area contributed by atoms with Crippen molar-refractivity contribution in [1.29, 1.82) is 0 Å². The molecule has 0 saturated carbocycles. The largest absolute Gasteiger partial charge is 0.399 e. The summed E-state index contributed by atoms with van der Waals surface area (Å²) in [4.78, 5) is 15.2. The maximum atomic E-state index is 12.1. The molecule has 3 rings (SSSR count). The molecule has 3 aromatic rings. The average molecular weight is 284 g/mol. The maximum absolute atomic E-state index is 12.1. The molecule has 4 N–H and O–H groups in total. The van der Waals surface area contributed by atoms with Crippen molar-refractivity contribution in [1.82, 2.24) is 25.1 Å². The Morgan fingerprint density at radius 3 is 3.05 bits per heavy atom. The number of carbonyl (C=O) groups excluding carboxylic acids is 1. The van der Waals surface area contributed by atoms with E-state index < -0.39 is 0 Å². The summed E-state index contributed by atoms with van der Waals surface area (Å²) in [6.07, 6.45) is 2.27. The minimum absolute atomic E-state index is 0.146. The molecule has 0 fully saturated rings. The Morgan fingerprint density at radius 2 is 2.29 bits per heavy atom. The SMILES string of the molecule is Cn1cnnc1CCNC(=O)c1cc2cc(N)ccc2[nH]1. The van der Waals surface area contributed by atoms with E-state index in [1.165, 1.54) is 0 Å². The number of carbonyl (C=O) groups is 1. The zero-order chi connectivity index (χ0) is 14.8. The van der Waals surface area contributed by atoms with Gasteiger partial charge in [-0.15, -0.1) is 10.2 Å². The minimum atomic E-state index is -0.146. The first-order chi connectivity index (χ1) is 10.1. The van der Waals surface area contributed by atoms with Crippen molar-refractivity contribution >= 4 is 22.5 Å². The summed E-state index contributed by atoms with van der Waals surface area (Å²) in [7, 11) is 1.87. The molecule has 2 heterocycles. The van der Waals surface area contributed by atoms with Crippen molar-refractivity contribution in [3.05, 3.63) is 42.1 Å². The Hall–Kier alpha value is -2.83. The lowest BCUT2D eigenvalue weighted by molar-refractivity contribution is 0.0949. The van der Waals surface area contributed by atoms with E-state index in [0.717, 1.165) is 16.7 Å².